The number of para-hydroxylation sites is 1. The Bertz CT molecular complexity index is 3600. The van der Waals surface area contributed by atoms with Crippen molar-refractivity contribution < 1.29 is 22.2 Å². The molecule has 0 saturated carbocycles. The van der Waals surface area contributed by atoms with Crippen molar-refractivity contribution in [1.82, 2.24) is 0 Å². The number of hydrogen-bond acceptors (Lipinski definition) is 2. The summed E-state index contributed by atoms with van der Waals surface area (Å²) in [7, 11) is 0. The van der Waals surface area contributed by atoms with E-state index in [2.05, 4.69) is 0 Å². The van der Waals surface area contributed by atoms with E-state index in [-0.39, 0.29) is 53.4 Å². The maximum atomic E-state index is 9.40. The zero-order chi connectivity index (χ0) is 45.7. The molecule has 10 rings (SSSR count). The first-order valence-corrected chi connectivity index (χ1v) is 16.7. The van der Waals surface area contributed by atoms with Crippen molar-refractivity contribution in [1.29, 1.82) is 0 Å². The van der Waals surface area contributed by atoms with Crippen molar-refractivity contribution in [2.45, 2.75) is 0 Å². The lowest BCUT2D eigenvalue weighted by Crippen LogP contribution is -2.11. The van der Waals surface area contributed by atoms with Gasteiger partial charge in [-0.3, -0.25) is 0 Å². The summed E-state index contributed by atoms with van der Waals surface area (Å²) in [6.07, 6.45) is 0. The molecule has 0 aliphatic rings. The summed E-state index contributed by atoms with van der Waals surface area (Å²) in [6.45, 7) is 0. The standard InChI is InChI=1S/C50H33NO/c1-3-12-34(13-4-1)36-22-26-42(27-23-36)51(43-18-11-17-37(32-43)35-14-5-2-6-15-35)47-33-41(31-39-16-7-8-19-44(39)47)38-24-28-45-40(30-38)25-29-49-50(45)46-20-9-10-21-48(46)52-49/h1-33H/i1D,2D,3D,4D,5D,6D,12D,13D,14D,15D,20D,25D,28D. The van der Waals surface area contributed by atoms with Gasteiger partial charge in [-0.2, -0.15) is 0 Å². The molecule has 0 radical (unpaired) electrons. The SMILES string of the molecule is [2H]c1c([2H])c([2H])c(-c2ccc(N(c3cccc(-c4c([2H])c([2H])c([2H])c([2H])c4[2H])c3)c3cc(-c4cc([2H])c5c(c4)c([2H])cc4oc6cccc([2H])c6c45)cc4ccccc34)cc2)c([2H])c1[2H]. The molecule has 0 unspecified atom stereocenters. The van der Waals surface area contributed by atoms with E-state index in [1.165, 1.54) is 0 Å². The van der Waals surface area contributed by atoms with Gasteiger partial charge in [-0.15, -0.1) is 0 Å². The molecule has 0 N–H and O–H groups in total. The minimum absolute atomic E-state index is 0.0235. The van der Waals surface area contributed by atoms with Crippen LogP contribution in [0.4, 0.5) is 17.1 Å². The Morgan fingerprint density at radius 2 is 1.12 bits per heavy atom. The van der Waals surface area contributed by atoms with Gasteiger partial charge in [0.05, 0.1) is 23.5 Å². The van der Waals surface area contributed by atoms with E-state index >= 15 is 0 Å². The Balaban J connectivity index is 1.22. The van der Waals surface area contributed by atoms with Gasteiger partial charge in [-0.25, -0.2) is 0 Å². The average molecular weight is 677 g/mol. The molecule has 0 atom stereocenters. The molecule has 9 aromatic carbocycles. The number of furan rings is 1. The predicted octanol–water partition coefficient (Wildman–Crippen LogP) is 14.4. The van der Waals surface area contributed by atoms with Crippen molar-refractivity contribution in [2.75, 3.05) is 4.90 Å². The van der Waals surface area contributed by atoms with Gasteiger partial charge < -0.3 is 9.32 Å². The molecule has 10 aromatic rings. The molecule has 0 fully saturated rings. The van der Waals surface area contributed by atoms with E-state index in [1.807, 2.05) is 53.4 Å². The number of fused-ring (bicyclic) bond motifs is 6. The van der Waals surface area contributed by atoms with Crippen LogP contribution in [0.3, 0.4) is 0 Å². The number of anilines is 3. The van der Waals surface area contributed by atoms with E-state index in [4.69, 9.17) is 20.9 Å². The molecule has 52 heavy (non-hydrogen) atoms. The van der Waals surface area contributed by atoms with E-state index < -0.39 is 36.3 Å². The molecule has 0 spiro atoms. The van der Waals surface area contributed by atoms with E-state index in [9.17, 15) is 1.37 Å². The molecule has 2 heteroatoms. The van der Waals surface area contributed by atoms with Gasteiger partial charge in [-0.1, -0.05) is 145 Å². The Kier molecular flexibility index (Phi) is 4.67. The van der Waals surface area contributed by atoms with E-state index in [0.717, 1.165) is 10.8 Å². The monoisotopic (exact) mass is 676 g/mol. The summed E-state index contributed by atoms with van der Waals surface area (Å²) in [5, 5.41) is 3.82. The molecular formula is C50H33NO. The van der Waals surface area contributed by atoms with Crippen molar-refractivity contribution in [2.24, 2.45) is 0 Å². The lowest BCUT2D eigenvalue weighted by molar-refractivity contribution is 0.669. The van der Waals surface area contributed by atoms with Crippen LogP contribution in [0, 0.1) is 0 Å². The van der Waals surface area contributed by atoms with Gasteiger partial charge in [0.2, 0.25) is 0 Å². The second-order valence-corrected chi connectivity index (χ2v) is 12.4. The number of rotatable bonds is 6. The molecule has 0 aliphatic heterocycles. The summed E-state index contributed by atoms with van der Waals surface area (Å²) in [6, 6.07) is 32.3. The average Bonchev–Trinajstić information content (AvgIpc) is 3.68. The Labute approximate surface area is 320 Å². The van der Waals surface area contributed by atoms with Crippen LogP contribution in [-0.4, -0.2) is 0 Å². The van der Waals surface area contributed by atoms with Crippen LogP contribution < -0.4 is 4.90 Å². The maximum absolute atomic E-state index is 9.40. The van der Waals surface area contributed by atoms with Gasteiger partial charge in [0, 0.05) is 27.5 Å². The second-order valence-electron chi connectivity index (χ2n) is 12.4. The van der Waals surface area contributed by atoms with E-state index in [0.29, 0.717) is 72.0 Å². The van der Waals surface area contributed by atoms with Crippen LogP contribution in [-0.2, 0) is 0 Å². The van der Waals surface area contributed by atoms with Gasteiger partial charge >= 0.3 is 0 Å². The van der Waals surface area contributed by atoms with Gasteiger partial charge in [0.25, 0.3) is 0 Å². The topological polar surface area (TPSA) is 16.4 Å². The van der Waals surface area contributed by atoms with Gasteiger partial charge in [0.15, 0.2) is 0 Å². The Morgan fingerprint density at radius 3 is 1.94 bits per heavy atom. The lowest BCUT2D eigenvalue weighted by Gasteiger charge is -2.28. The largest absolute Gasteiger partial charge is 0.456 e. The van der Waals surface area contributed by atoms with Gasteiger partial charge in [0.1, 0.15) is 11.2 Å². The summed E-state index contributed by atoms with van der Waals surface area (Å²) in [5.74, 6) is 0. The predicted molar refractivity (Wildman–Crippen MR) is 220 cm³/mol. The second kappa shape index (κ2) is 12.5. The molecule has 244 valence electrons. The summed E-state index contributed by atoms with van der Waals surface area (Å²) >= 11 is 0. The smallest absolute Gasteiger partial charge is 0.136 e. The third kappa shape index (κ3) is 5.21. The minimum atomic E-state index is -0.505. The summed E-state index contributed by atoms with van der Waals surface area (Å²) < 4.78 is 118. The fourth-order valence-corrected chi connectivity index (χ4v) is 6.91. The lowest BCUT2D eigenvalue weighted by atomic mass is 9.95. The molecule has 1 aromatic heterocycles. The van der Waals surface area contributed by atoms with Crippen molar-refractivity contribution in [3.05, 3.63) is 200 Å². The van der Waals surface area contributed by atoms with Crippen LogP contribution in [0.25, 0.3) is 76.9 Å². The van der Waals surface area contributed by atoms with Crippen LogP contribution >= 0.6 is 0 Å². The van der Waals surface area contributed by atoms with Crippen LogP contribution in [0.15, 0.2) is 204 Å². The molecule has 2 nitrogen and oxygen atoms in total. The number of nitrogens with zero attached hydrogens (tertiary/aromatic N) is 1. The number of hydrogen-bond donors (Lipinski definition) is 0. The first-order valence-electron chi connectivity index (χ1n) is 23.2. The Hall–Kier alpha value is -6.90. The first kappa shape index (κ1) is 19.5. The molecule has 0 amide bonds. The van der Waals surface area contributed by atoms with Crippen molar-refractivity contribution >= 4 is 60.5 Å². The third-order valence-corrected chi connectivity index (χ3v) is 9.31. The van der Waals surface area contributed by atoms with E-state index in [1.54, 1.807) is 72.8 Å². The van der Waals surface area contributed by atoms with Crippen LogP contribution in [0.1, 0.15) is 17.8 Å². The summed E-state index contributed by atoms with van der Waals surface area (Å²) in [5.41, 5.74) is 4.86. The Morgan fingerprint density at radius 1 is 0.385 bits per heavy atom. The third-order valence-electron chi connectivity index (χ3n) is 9.31. The number of benzene rings is 9. The fraction of sp³-hybridized carbons (Fsp3) is 0. The first-order chi connectivity index (χ1) is 31.1. The van der Waals surface area contributed by atoms with Crippen LogP contribution in [0.2, 0.25) is 0 Å². The highest BCUT2D eigenvalue weighted by molar-refractivity contribution is 6.19. The highest BCUT2D eigenvalue weighted by atomic mass is 16.3. The maximum Gasteiger partial charge on any atom is 0.136 e. The molecular weight excluding hydrogens is 631 g/mol. The quantitative estimate of drug-likeness (QED) is 0.174. The fourth-order valence-electron chi connectivity index (χ4n) is 6.91. The highest BCUT2D eigenvalue weighted by Crippen LogP contribution is 2.44. The summed E-state index contributed by atoms with van der Waals surface area (Å²) in [4.78, 5) is 1.94. The molecule has 0 aliphatic carbocycles. The minimum Gasteiger partial charge on any atom is -0.456 e. The zero-order valence-corrected chi connectivity index (χ0v) is 27.4. The van der Waals surface area contributed by atoms with Crippen molar-refractivity contribution in [3.63, 3.8) is 0 Å². The molecule has 1 heterocycles. The van der Waals surface area contributed by atoms with Crippen LogP contribution in [0.5, 0.6) is 0 Å². The normalized spacial score (nSPS) is 15.0. The van der Waals surface area contributed by atoms with Crippen molar-refractivity contribution in [3.8, 4) is 33.4 Å². The van der Waals surface area contributed by atoms with Gasteiger partial charge in [-0.05, 0) is 104 Å². The zero-order valence-electron chi connectivity index (χ0n) is 40.4. The molecule has 0 saturated heterocycles. The highest BCUT2D eigenvalue weighted by Gasteiger charge is 2.19. The molecule has 0 bridgehead atoms.